The van der Waals surface area contributed by atoms with Crippen LogP contribution in [0.5, 0.6) is 5.88 Å². The molecule has 0 saturated carbocycles. The van der Waals surface area contributed by atoms with Crippen molar-refractivity contribution in [1.29, 1.82) is 0 Å². The van der Waals surface area contributed by atoms with Crippen molar-refractivity contribution in [3.63, 3.8) is 0 Å². The molecular formula is C18H22FN5O2. The van der Waals surface area contributed by atoms with Gasteiger partial charge < -0.3 is 19.9 Å². The maximum atomic E-state index is 13.1. The first kappa shape index (κ1) is 17.9. The molecule has 8 heteroatoms. The van der Waals surface area contributed by atoms with Crippen LogP contribution in [0.4, 0.5) is 15.1 Å². The Kier molecular flexibility index (Phi) is 5.83. The van der Waals surface area contributed by atoms with Crippen molar-refractivity contribution >= 4 is 12.0 Å². The number of nitrogens with zero attached hydrogens (tertiary/aromatic N) is 4. The molecule has 1 fully saturated rings. The van der Waals surface area contributed by atoms with E-state index in [2.05, 4.69) is 15.3 Å². The number of benzene rings is 1. The predicted molar refractivity (Wildman–Crippen MR) is 95.9 cm³/mol. The van der Waals surface area contributed by atoms with E-state index in [4.69, 9.17) is 4.74 Å². The average Bonchev–Trinajstić information content (AvgIpc) is 2.68. The van der Waals surface area contributed by atoms with E-state index in [1.165, 1.54) is 12.1 Å². The van der Waals surface area contributed by atoms with Crippen LogP contribution in [0, 0.1) is 5.82 Å². The summed E-state index contributed by atoms with van der Waals surface area (Å²) in [6, 6.07) is 8.01. The summed E-state index contributed by atoms with van der Waals surface area (Å²) in [5.74, 6) is 0.868. The number of hydrogen-bond acceptors (Lipinski definition) is 5. The quantitative estimate of drug-likeness (QED) is 0.880. The standard InChI is InChI=1S/C18H22FN5O2/c1-26-16-6-8-20-17(22-16)23-9-11-24(12-10-23)18(25)21-7-5-14-3-2-4-15(19)13-14/h2-4,6,8,13H,5,7,9-12H2,1H3,(H,21,25). The maximum absolute atomic E-state index is 13.1. The molecule has 2 heterocycles. The number of carbonyl (C=O) groups excluding carboxylic acids is 1. The molecule has 1 N–H and O–H groups in total. The highest BCUT2D eigenvalue weighted by Gasteiger charge is 2.22. The van der Waals surface area contributed by atoms with E-state index in [-0.39, 0.29) is 11.8 Å². The number of rotatable bonds is 5. The second-order valence-electron chi connectivity index (χ2n) is 5.98. The summed E-state index contributed by atoms with van der Waals surface area (Å²) in [6.07, 6.45) is 2.26. The first-order valence-electron chi connectivity index (χ1n) is 8.55. The number of aromatic nitrogens is 2. The molecule has 3 rings (SSSR count). The number of amides is 2. The molecule has 1 saturated heterocycles. The van der Waals surface area contributed by atoms with Crippen molar-refractivity contribution < 1.29 is 13.9 Å². The van der Waals surface area contributed by atoms with Crippen molar-refractivity contribution in [3.8, 4) is 5.88 Å². The smallest absolute Gasteiger partial charge is 0.317 e. The van der Waals surface area contributed by atoms with Crippen molar-refractivity contribution in [2.45, 2.75) is 6.42 Å². The van der Waals surface area contributed by atoms with Gasteiger partial charge in [-0.25, -0.2) is 14.2 Å². The van der Waals surface area contributed by atoms with E-state index >= 15 is 0 Å². The van der Waals surface area contributed by atoms with Gasteiger partial charge in [-0.2, -0.15) is 4.98 Å². The normalized spacial score (nSPS) is 14.2. The van der Waals surface area contributed by atoms with Crippen LogP contribution < -0.4 is 15.0 Å². The zero-order valence-corrected chi connectivity index (χ0v) is 14.7. The Labute approximate surface area is 151 Å². The topological polar surface area (TPSA) is 70.6 Å². The lowest BCUT2D eigenvalue weighted by Gasteiger charge is -2.34. The Morgan fingerprint density at radius 3 is 2.81 bits per heavy atom. The Bertz CT molecular complexity index is 750. The number of hydrogen-bond donors (Lipinski definition) is 1. The monoisotopic (exact) mass is 359 g/mol. The van der Waals surface area contributed by atoms with E-state index in [0.29, 0.717) is 51.0 Å². The van der Waals surface area contributed by atoms with Gasteiger partial charge in [0.1, 0.15) is 5.82 Å². The minimum absolute atomic E-state index is 0.104. The third-order valence-electron chi connectivity index (χ3n) is 4.26. The molecule has 138 valence electrons. The van der Waals surface area contributed by atoms with Gasteiger partial charge in [0.05, 0.1) is 7.11 Å². The zero-order chi connectivity index (χ0) is 18.4. The number of ether oxygens (including phenoxy) is 1. The molecule has 2 aromatic rings. The fourth-order valence-corrected chi connectivity index (χ4v) is 2.83. The van der Waals surface area contributed by atoms with Crippen LogP contribution in [0.3, 0.4) is 0 Å². The Balaban J connectivity index is 1.44. The Morgan fingerprint density at radius 1 is 1.27 bits per heavy atom. The van der Waals surface area contributed by atoms with Crippen molar-refractivity contribution in [2.24, 2.45) is 0 Å². The molecule has 26 heavy (non-hydrogen) atoms. The minimum atomic E-state index is -0.260. The summed E-state index contributed by atoms with van der Waals surface area (Å²) in [5, 5.41) is 2.89. The third kappa shape index (κ3) is 4.59. The second-order valence-corrected chi connectivity index (χ2v) is 5.98. The van der Waals surface area contributed by atoms with Crippen LogP contribution in [0.1, 0.15) is 5.56 Å². The summed E-state index contributed by atoms with van der Waals surface area (Å²) >= 11 is 0. The van der Waals surface area contributed by atoms with Crippen LogP contribution in [0.2, 0.25) is 0 Å². The average molecular weight is 359 g/mol. The SMILES string of the molecule is COc1ccnc(N2CCN(C(=O)NCCc3cccc(F)c3)CC2)n1. The van der Waals surface area contributed by atoms with E-state index < -0.39 is 0 Å². The molecule has 1 aliphatic rings. The largest absolute Gasteiger partial charge is 0.481 e. The van der Waals surface area contributed by atoms with Crippen molar-refractivity contribution in [1.82, 2.24) is 20.2 Å². The van der Waals surface area contributed by atoms with Crippen LogP contribution >= 0.6 is 0 Å². The second kappa shape index (κ2) is 8.46. The van der Waals surface area contributed by atoms with Gasteiger partial charge in [-0.05, 0) is 24.1 Å². The summed E-state index contributed by atoms with van der Waals surface area (Å²) in [5.41, 5.74) is 0.866. The number of halogens is 1. The Hall–Kier alpha value is -2.90. The lowest BCUT2D eigenvalue weighted by molar-refractivity contribution is 0.194. The molecule has 0 radical (unpaired) electrons. The van der Waals surface area contributed by atoms with Crippen molar-refractivity contribution in [3.05, 3.63) is 47.9 Å². The van der Waals surface area contributed by atoms with Gasteiger partial charge in [0.15, 0.2) is 0 Å². The molecule has 1 aromatic carbocycles. The van der Waals surface area contributed by atoms with Gasteiger partial charge in [0.2, 0.25) is 11.8 Å². The molecule has 0 unspecified atom stereocenters. The minimum Gasteiger partial charge on any atom is -0.481 e. The molecule has 0 bridgehead atoms. The summed E-state index contributed by atoms with van der Waals surface area (Å²) in [4.78, 5) is 24.6. The third-order valence-corrected chi connectivity index (χ3v) is 4.26. The van der Waals surface area contributed by atoms with Gasteiger partial charge in [-0.1, -0.05) is 12.1 Å². The van der Waals surface area contributed by atoms with Crippen molar-refractivity contribution in [2.75, 3.05) is 44.7 Å². The van der Waals surface area contributed by atoms with E-state index in [0.717, 1.165) is 5.56 Å². The van der Waals surface area contributed by atoms with Gasteiger partial charge in [0.25, 0.3) is 0 Å². The summed E-state index contributed by atoms with van der Waals surface area (Å²) in [7, 11) is 1.57. The first-order chi connectivity index (χ1) is 12.7. The van der Waals surface area contributed by atoms with Gasteiger partial charge in [-0.15, -0.1) is 0 Å². The summed E-state index contributed by atoms with van der Waals surface area (Å²) < 4.78 is 18.3. The predicted octanol–water partition coefficient (Wildman–Crippen LogP) is 1.70. The van der Waals surface area contributed by atoms with Crippen LogP contribution in [-0.2, 0) is 6.42 Å². The fraction of sp³-hybridized carbons (Fsp3) is 0.389. The molecule has 2 amide bonds. The number of carbonyl (C=O) groups is 1. The molecule has 0 spiro atoms. The van der Waals surface area contributed by atoms with Crippen LogP contribution in [0.25, 0.3) is 0 Å². The van der Waals surface area contributed by atoms with Gasteiger partial charge >= 0.3 is 6.03 Å². The highest BCUT2D eigenvalue weighted by Crippen LogP contribution is 2.14. The zero-order valence-electron chi connectivity index (χ0n) is 14.7. The van der Waals surface area contributed by atoms with E-state index in [1.54, 1.807) is 30.3 Å². The number of urea groups is 1. The highest BCUT2D eigenvalue weighted by atomic mass is 19.1. The molecular weight excluding hydrogens is 337 g/mol. The molecule has 0 aliphatic carbocycles. The Morgan fingerprint density at radius 2 is 2.08 bits per heavy atom. The lowest BCUT2D eigenvalue weighted by atomic mass is 10.1. The van der Waals surface area contributed by atoms with Crippen LogP contribution in [-0.4, -0.2) is 60.7 Å². The number of piperazine rings is 1. The molecule has 1 aliphatic heterocycles. The molecule has 7 nitrogen and oxygen atoms in total. The summed E-state index contributed by atoms with van der Waals surface area (Å²) in [6.45, 7) is 2.97. The van der Waals surface area contributed by atoms with Gasteiger partial charge in [0, 0.05) is 45.0 Å². The number of methoxy groups -OCH3 is 1. The van der Waals surface area contributed by atoms with Crippen LogP contribution in [0.15, 0.2) is 36.5 Å². The van der Waals surface area contributed by atoms with Gasteiger partial charge in [-0.3, -0.25) is 0 Å². The number of anilines is 1. The highest BCUT2D eigenvalue weighted by molar-refractivity contribution is 5.74. The number of nitrogens with one attached hydrogen (secondary N) is 1. The maximum Gasteiger partial charge on any atom is 0.317 e. The fourth-order valence-electron chi connectivity index (χ4n) is 2.83. The molecule has 0 atom stereocenters. The van der Waals surface area contributed by atoms with E-state index in [9.17, 15) is 9.18 Å². The lowest BCUT2D eigenvalue weighted by Crippen LogP contribution is -2.52. The van der Waals surface area contributed by atoms with E-state index in [1.807, 2.05) is 11.0 Å². The first-order valence-corrected chi connectivity index (χ1v) is 8.55. The molecule has 1 aromatic heterocycles.